The van der Waals surface area contributed by atoms with Gasteiger partial charge in [0.2, 0.25) is 5.91 Å². The summed E-state index contributed by atoms with van der Waals surface area (Å²) in [6, 6.07) is 17.5. The quantitative estimate of drug-likeness (QED) is 0.406. The molecule has 7 heteroatoms. The van der Waals surface area contributed by atoms with Crippen molar-refractivity contribution in [3.8, 4) is 11.1 Å². The molecule has 0 fully saturated rings. The van der Waals surface area contributed by atoms with E-state index >= 15 is 0 Å². The van der Waals surface area contributed by atoms with Crippen molar-refractivity contribution in [3.05, 3.63) is 60.2 Å². The van der Waals surface area contributed by atoms with Gasteiger partial charge in [-0.15, -0.1) is 0 Å². The molecule has 7 nitrogen and oxygen atoms in total. The number of nitrogens with one attached hydrogen (secondary N) is 3. The van der Waals surface area contributed by atoms with Crippen LogP contribution in [0.25, 0.3) is 11.1 Å². The average Bonchev–Trinajstić information content (AvgIpc) is 2.67. The third-order valence-electron chi connectivity index (χ3n) is 3.54. The van der Waals surface area contributed by atoms with Gasteiger partial charge in [0.1, 0.15) is 0 Å². The largest absolute Gasteiger partial charge is 0.383 e. The van der Waals surface area contributed by atoms with Gasteiger partial charge >= 0.3 is 11.8 Å². The van der Waals surface area contributed by atoms with Gasteiger partial charge in [-0.2, -0.15) is 0 Å². The summed E-state index contributed by atoms with van der Waals surface area (Å²) in [5, 5.41) is 2.35. The number of benzene rings is 2. The Hall–Kier alpha value is -3.19. The first kappa shape index (κ1) is 19.1. The number of hydrazine groups is 1. The van der Waals surface area contributed by atoms with Gasteiger partial charge in [0.05, 0.1) is 13.0 Å². The van der Waals surface area contributed by atoms with E-state index in [0.29, 0.717) is 6.61 Å². The Labute approximate surface area is 151 Å². The van der Waals surface area contributed by atoms with E-state index in [-0.39, 0.29) is 13.0 Å². The summed E-state index contributed by atoms with van der Waals surface area (Å²) in [6.07, 6.45) is 0.0840. The Bertz CT molecular complexity index is 745. The average molecular weight is 355 g/mol. The highest BCUT2D eigenvalue weighted by molar-refractivity contribution is 6.35. The molecule has 0 radical (unpaired) electrons. The summed E-state index contributed by atoms with van der Waals surface area (Å²) in [4.78, 5) is 34.8. The van der Waals surface area contributed by atoms with E-state index in [0.717, 1.165) is 16.7 Å². The van der Waals surface area contributed by atoms with Crippen LogP contribution in [0.1, 0.15) is 5.56 Å². The van der Waals surface area contributed by atoms with E-state index < -0.39 is 17.7 Å². The molecule has 0 atom stereocenters. The lowest BCUT2D eigenvalue weighted by molar-refractivity contribution is -0.140. The number of hydrogen-bond donors (Lipinski definition) is 3. The van der Waals surface area contributed by atoms with Crippen LogP contribution in [-0.2, 0) is 25.5 Å². The number of hydrogen-bond acceptors (Lipinski definition) is 4. The second-order valence-electron chi connectivity index (χ2n) is 5.49. The molecule has 2 aromatic rings. The molecule has 2 aromatic carbocycles. The molecular weight excluding hydrogens is 334 g/mol. The predicted molar refractivity (Wildman–Crippen MR) is 96.8 cm³/mol. The van der Waals surface area contributed by atoms with E-state index in [2.05, 4.69) is 16.2 Å². The van der Waals surface area contributed by atoms with Gasteiger partial charge in [0, 0.05) is 13.7 Å². The molecule has 0 heterocycles. The zero-order valence-electron chi connectivity index (χ0n) is 14.5. The van der Waals surface area contributed by atoms with Crippen molar-refractivity contribution in [1.29, 1.82) is 0 Å². The van der Waals surface area contributed by atoms with Gasteiger partial charge in [-0.1, -0.05) is 54.6 Å². The van der Waals surface area contributed by atoms with E-state index in [1.807, 2.05) is 54.6 Å². The van der Waals surface area contributed by atoms with E-state index in [4.69, 9.17) is 4.74 Å². The lowest BCUT2D eigenvalue weighted by atomic mass is 10.0. The maximum atomic E-state index is 11.9. The topological polar surface area (TPSA) is 96.5 Å². The highest BCUT2D eigenvalue weighted by Gasteiger charge is 2.13. The van der Waals surface area contributed by atoms with Gasteiger partial charge in [0.15, 0.2) is 0 Å². The number of ether oxygens (including phenoxy) is 1. The molecule has 0 aliphatic rings. The zero-order valence-corrected chi connectivity index (χ0v) is 14.5. The summed E-state index contributed by atoms with van der Waals surface area (Å²) in [7, 11) is 1.48. The zero-order chi connectivity index (χ0) is 18.8. The van der Waals surface area contributed by atoms with Crippen LogP contribution in [0.4, 0.5) is 0 Å². The van der Waals surface area contributed by atoms with Gasteiger partial charge in [-0.3, -0.25) is 25.2 Å². The SMILES string of the molecule is COCCNC(=O)C(=O)NNC(=O)Cc1ccc(-c2ccccc2)cc1. The molecular formula is C19H21N3O4. The van der Waals surface area contributed by atoms with Crippen molar-refractivity contribution in [3.63, 3.8) is 0 Å². The standard InChI is InChI=1S/C19H21N3O4/c1-26-12-11-20-18(24)19(25)22-21-17(23)13-14-7-9-16(10-8-14)15-5-3-2-4-6-15/h2-10H,11-13H2,1H3,(H,20,24)(H,21,23)(H,22,25). The first-order valence-electron chi connectivity index (χ1n) is 8.10. The highest BCUT2D eigenvalue weighted by Crippen LogP contribution is 2.19. The van der Waals surface area contributed by atoms with Gasteiger partial charge < -0.3 is 10.1 Å². The Morgan fingerprint density at radius 1 is 0.846 bits per heavy atom. The molecule has 0 saturated heterocycles. The van der Waals surface area contributed by atoms with Crippen LogP contribution >= 0.6 is 0 Å². The number of carbonyl (C=O) groups is 3. The number of amides is 3. The third kappa shape index (κ3) is 6.03. The molecule has 0 bridgehead atoms. The second-order valence-corrected chi connectivity index (χ2v) is 5.49. The molecule has 26 heavy (non-hydrogen) atoms. The monoisotopic (exact) mass is 355 g/mol. The first-order valence-corrected chi connectivity index (χ1v) is 8.10. The Morgan fingerprint density at radius 3 is 2.15 bits per heavy atom. The fourth-order valence-electron chi connectivity index (χ4n) is 2.21. The van der Waals surface area contributed by atoms with Crippen molar-refractivity contribution >= 4 is 17.7 Å². The van der Waals surface area contributed by atoms with Crippen LogP contribution in [0, 0.1) is 0 Å². The maximum absolute atomic E-state index is 11.9. The van der Waals surface area contributed by atoms with Crippen molar-refractivity contribution in [2.75, 3.05) is 20.3 Å². The Kier molecular flexibility index (Phi) is 7.32. The van der Waals surface area contributed by atoms with Crippen LogP contribution in [0.5, 0.6) is 0 Å². The Balaban J connectivity index is 1.79. The number of methoxy groups -OCH3 is 1. The summed E-state index contributed by atoms with van der Waals surface area (Å²) in [6.45, 7) is 0.509. The molecule has 2 rings (SSSR count). The molecule has 0 aliphatic carbocycles. The van der Waals surface area contributed by atoms with Gasteiger partial charge in [0.25, 0.3) is 0 Å². The number of carbonyl (C=O) groups excluding carboxylic acids is 3. The predicted octanol–water partition coefficient (Wildman–Crippen LogP) is 0.806. The molecule has 0 unspecified atom stereocenters. The lowest BCUT2D eigenvalue weighted by Crippen LogP contribution is -2.49. The van der Waals surface area contributed by atoms with Crippen molar-refractivity contribution in [1.82, 2.24) is 16.2 Å². The summed E-state index contributed by atoms with van der Waals surface area (Å²) in [5.74, 6) is -2.20. The molecule has 0 saturated carbocycles. The van der Waals surface area contributed by atoms with Crippen molar-refractivity contribution in [2.24, 2.45) is 0 Å². The van der Waals surface area contributed by atoms with Crippen LogP contribution < -0.4 is 16.2 Å². The minimum Gasteiger partial charge on any atom is -0.383 e. The minimum atomic E-state index is -0.936. The van der Waals surface area contributed by atoms with E-state index in [9.17, 15) is 14.4 Å². The maximum Gasteiger partial charge on any atom is 0.327 e. The summed E-state index contributed by atoms with van der Waals surface area (Å²) in [5.41, 5.74) is 7.23. The molecule has 0 aromatic heterocycles. The van der Waals surface area contributed by atoms with Gasteiger partial charge in [-0.25, -0.2) is 0 Å². The van der Waals surface area contributed by atoms with Crippen LogP contribution in [0.15, 0.2) is 54.6 Å². The molecule has 3 amide bonds. The van der Waals surface area contributed by atoms with Crippen LogP contribution in [0.3, 0.4) is 0 Å². The first-order chi connectivity index (χ1) is 12.6. The molecule has 136 valence electrons. The van der Waals surface area contributed by atoms with E-state index in [1.54, 1.807) is 0 Å². The van der Waals surface area contributed by atoms with Crippen LogP contribution in [0.2, 0.25) is 0 Å². The van der Waals surface area contributed by atoms with Crippen molar-refractivity contribution in [2.45, 2.75) is 6.42 Å². The van der Waals surface area contributed by atoms with E-state index in [1.165, 1.54) is 7.11 Å². The molecule has 3 N–H and O–H groups in total. The molecule has 0 spiro atoms. The molecule has 0 aliphatic heterocycles. The fourth-order valence-corrected chi connectivity index (χ4v) is 2.21. The Morgan fingerprint density at radius 2 is 1.50 bits per heavy atom. The summed E-state index contributed by atoms with van der Waals surface area (Å²) >= 11 is 0. The van der Waals surface area contributed by atoms with Crippen LogP contribution in [-0.4, -0.2) is 38.0 Å². The minimum absolute atomic E-state index is 0.0840. The highest BCUT2D eigenvalue weighted by atomic mass is 16.5. The normalized spacial score (nSPS) is 10.0. The van der Waals surface area contributed by atoms with Crippen molar-refractivity contribution < 1.29 is 19.1 Å². The number of rotatable bonds is 6. The second kappa shape index (κ2) is 9.95. The lowest BCUT2D eigenvalue weighted by Gasteiger charge is -2.08. The van der Waals surface area contributed by atoms with Gasteiger partial charge in [-0.05, 0) is 16.7 Å². The smallest absolute Gasteiger partial charge is 0.327 e. The summed E-state index contributed by atoms with van der Waals surface area (Å²) < 4.78 is 4.76. The third-order valence-corrected chi connectivity index (χ3v) is 3.54. The fraction of sp³-hybridized carbons (Fsp3) is 0.211.